The number of rotatable bonds is 0. The van der Waals surface area contributed by atoms with Gasteiger partial charge < -0.3 is 0 Å². The highest BCUT2D eigenvalue weighted by Gasteiger charge is 2.34. The number of aromatic nitrogens is 3. The van der Waals surface area contributed by atoms with E-state index in [4.69, 9.17) is 0 Å². The Morgan fingerprint density at radius 2 is 1.75 bits per heavy atom. The molecule has 2 N–H and O–H groups in total. The molecule has 0 fully saturated rings. The van der Waals surface area contributed by atoms with Gasteiger partial charge in [-0.15, -0.1) is 0 Å². The third-order valence-corrected chi connectivity index (χ3v) is 0.963. The normalized spacial score (nSPS) is 10.4. The largest absolute Gasteiger partial charge is 0.451 e. The van der Waals surface area contributed by atoms with E-state index in [1.807, 2.05) is 18.9 Å². The van der Waals surface area contributed by atoms with Crippen molar-refractivity contribution < 1.29 is 13.2 Å². The molecule has 0 aromatic carbocycles. The van der Waals surface area contributed by atoms with Gasteiger partial charge in [-0.3, -0.25) is 10.2 Å². The molecule has 7 heteroatoms. The fraction of sp³-hybridized carbons (Fsp3) is 0.600. The van der Waals surface area contributed by atoms with Crippen molar-refractivity contribution in [2.45, 2.75) is 20.0 Å². The van der Waals surface area contributed by atoms with E-state index in [0.29, 0.717) is 0 Å². The van der Waals surface area contributed by atoms with Gasteiger partial charge >= 0.3 is 6.18 Å². The lowest BCUT2D eigenvalue weighted by atomic mass is 10.6. The molecule has 0 radical (unpaired) electrons. The number of H-pyrrole nitrogens is 2. The van der Waals surface area contributed by atoms with Gasteiger partial charge in [-0.1, -0.05) is 13.8 Å². The van der Waals surface area contributed by atoms with Crippen LogP contribution >= 0.6 is 12.2 Å². The summed E-state index contributed by atoms with van der Waals surface area (Å²) in [5.41, 5.74) is 0. The minimum absolute atomic E-state index is 0.202. The highest BCUT2D eigenvalue weighted by molar-refractivity contribution is 7.71. The number of hydrogen-bond donors (Lipinski definition) is 2. The van der Waals surface area contributed by atoms with Crippen LogP contribution in [0, 0.1) is 4.77 Å². The number of halogens is 3. The SMILES string of the molecule is CC.FC(F)(F)c1nc(=S)[nH][nH]1. The van der Waals surface area contributed by atoms with Gasteiger partial charge in [0.1, 0.15) is 0 Å². The molecule has 0 aliphatic heterocycles. The molecule has 0 amide bonds. The van der Waals surface area contributed by atoms with Gasteiger partial charge in [0, 0.05) is 0 Å². The van der Waals surface area contributed by atoms with Crippen molar-refractivity contribution in [3.8, 4) is 0 Å². The number of nitrogens with zero attached hydrogens (tertiary/aromatic N) is 1. The van der Waals surface area contributed by atoms with Crippen LogP contribution in [0.15, 0.2) is 0 Å². The van der Waals surface area contributed by atoms with Crippen molar-refractivity contribution in [1.29, 1.82) is 0 Å². The topological polar surface area (TPSA) is 44.5 Å². The van der Waals surface area contributed by atoms with E-state index in [2.05, 4.69) is 17.2 Å². The lowest BCUT2D eigenvalue weighted by molar-refractivity contribution is -0.144. The molecule has 0 bridgehead atoms. The zero-order chi connectivity index (χ0) is 9.78. The van der Waals surface area contributed by atoms with E-state index >= 15 is 0 Å². The zero-order valence-corrected chi connectivity index (χ0v) is 7.31. The summed E-state index contributed by atoms with van der Waals surface area (Å²) in [6.07, 6.45) is -4.45. The van der Waals surface area contributed by atoms with Crippen molar-refractivity contribution in [1.82, 2.24) is 15.2 Å². The molecular formula is C5H8F3N3S. The molecule has 1 aromatic rings. The van der Waals surface area contributed by atoms with Gasteiger partial charge in [0.2, 0.25) is 10.6 Å². The van der Waals surface area contributed by atoms with Crippen molar-refractivity contribution >= 4 is 12.2 Å². The third kappa shape index (κ3) is 3.04. The molecule has 0 aliphatic rings. The Bertz CT molecular complexity index is 274. The standard InChI is InChI=1S/C3H2F3N3S.C2H6/c4-3(5,6)1-7-2(10)9-8-1;1-2/h(H2,7,8,9,10);1-2H3. The second-order valence-electron chi connectivity index (χ2n) is 1.51. The summed E-state index contributed by atoms with van der Waals surface area (Å²) >= 11 is 4.30. The first-order valence-corrected chi connectivity index (χ1v) is 3.63. The van der Waals surface area contributed by atoms with Crippen molar-refractivity contribution in [2.24, 2.45) is 0 Å². The first kappa shape index (κ1) is 11.2. The van der Waals surface area contributed by atoms with Crippen molar-refractivity contribution in [3.63, 3.8) is 0 Å². The van der Waals surface area contributed by atoms with E-state index in [1.54, 1.807) is 5.10 Å². The Balaban J connectivity index is 0.000000561. The maximum atomic E-state index is 11.6. The Morgan fingerprint density at radius 1 is 1.25 bits per heavy atom. The van der Waals surface area contributed by atoms with Crippen molar-refractivity contribution in [2.75, 3.05) is 0 Å². The number of alkyl halides is 3. The minimum atomic E-state index is -4.45. The molecule has 0 saturated carbocycles. The van der Waals surface area contributed by atoms with E-state index in [1.165, 1.54) is 0 Å². The summed E-state index contributed by atoms with van der Waals surface area (Å²) in [6.45, 7) is 4.00. The van der Waals surface area contributed by atoms with Crippen LogP contribution in [0.2, 0.25) is 0 Å². The third-order valence-electron chi connectivity index (χ3n) is 0.770. The molecule has 1 rings (SSSR count). The van der Waals surface area contributed by atoms with Crippen LogP contribution < -0.4 is 0 Å². The molecular weight excluding hydrogens is 191 g/mol. The van der Waals surface area contributed by atoms with Crippen LogP contribution in [0.5, 0.6) is 0 Å². The predicted octanol–water partition coefficient (Wildman–Crippen LogP) is 2.51. The first-order chi connectivity index (χ1) is 5.50. The number of hydrogen-bond acceptors (Lipinski definition) is 2. The molecule has 0 saturated heterocycles. The number of nitrogens with one attached hydrogen (secondary N) is 2. The molecule has 0 aliphatic carbocycles. The highest BCUT2D eigenvalue weighted by atomic mass is 32.1. The van der Waals surface area contributed by atoms with Crippen LogP contribution in [0.25, 0.3) is 0 Å². The van der Waals surface area contributed by atoms with Crippen LogP contribution in [0.1, 0.15) is 19.7 Å². The first-order valence-electron chi connectivity index (χ1n) is 3.22. The second kappa shape index (κ2) is 4.24. The Morgan fingerprint density at radius 3 is 1.92 bits per heavy atom. The maximum absolute atomic E-state index is 11.6. The van der Waals surface area contributed by atoms with Gasteiger partial charge in [0.05, 0.1) is 0 Å². The van der Waals surface area contributed by atoms with Gasteiger partial charge in [0.15, 0.2) is 0 Å². The van der Waals surface area contributed by atoms with Gasteiger partial charge in [-0.05, 0) is 12.2 Å². The van der Waals surface area contributed by atoms with Gasteiger partial charge in [0.25, 0.3) is 0 Å². The summed E-state index contributed by atoms with van der Waals surface area (Å²) in [5, 5.41) is 3.81. The molecule has 1 aromatic heterocycles. The Kier molecular flexibility index (Phi) is 3.94. The number of aromatic amines is 2. The molecule has 0 atom stereocenters. The average Bonchev–Trinajstić information content (AvgIpc) is 2.39. The van der Waals surface area contributed by atoms with Crippen molar-refractivity contribution in [3.05, 3.63) is 10.6 Å². The molecule has 0 spiro atoms. The zero-order valence-electron chi connectivity index (χ0n) is 6.49. The second-order valence-corrected chi connectivity index (χ2v) is 1.90. The minimum Gasteiger partial charge on any atom is -0.278 e. The molecule has 1 heterocycles. The van der Waals surface area contributed by atoms with E-state index in [9.17, 15) is 13.2 Å². The van der Waals surface area contributed by atoms with Crippen LogP contribution in [-0.2, 0) is 6.18 Å². The van der Waals surface area contributed by atoms with E-state index in [-0.39, 0.29) is 4.77 Å². The summed E-state index contributed by atoms with van der Waals surface area (Å²) in [6, 6.07) is 0. The van der Waals surface area contributed by atoms with E-state index in [0.717, 1.165) is 0 Å². The van der Waals surface area contributed by atoms with Crippen LogP contribution in [0.3, 0.4) is 0 Å². The lowest BCUT2D eigenvalue weighted by Gasteiger charge is -1.97. The lowest BCUT2D eigenvalue weighted by Crippen LogP contribution is -2.07. The van der Waals surface area contributed by atoms with E-state index < -0.39 is 12.0 Å². The summed E-state index contributed by atoms with van der Waals surface area (Å²) in [4.78, 5) is 2.96. The Hall–Kier alpha value is -0.850. The summed E-state index contributed by atoms with van der Waals surface area (Å²) < 4.78 is 34.7. The average molecular weight is 199 g/mol. The molecule has 70 valence electrons. The van der Waals surface area contributed by atoms with Gasteiger partial charge in [-0.25, -0.2) is 0 Å². The van der Waals surface area contributed by atoms with Crippen LogP contribution in [-0.4, -0.2) is 15.2 Å². The Labute approximate surface area is 72.0 Å². The highest BCUT2D eigenvalue weighted by Crippen LogP contribution is 2.24. The molecule has 12 heavy (non-hydrogen) atoms. The van der Waals surface area contributed by atoms with Crippen LogP contribution in [0.4, 0.5) is 13.2 Å². The monoisotopic (exact) mass is 199 g/mol. The fourth-order valence-corrected chi connectivity index (χ4v) is 0.547. The van der Waals surface area contributed by atoms with Gasteiger partial charge in [-0.2, -0.15) is 18.2 Å². The predicted molar refractivity (Wildman–Crippen MR) is 40.1 cm³/mol. The quantitative estimate of drug-likeness (QED) is 0.630. The maximum Gasteiger partial charge on any atom is 0.451 e. The summed E-state index contributed by atoms with van der Waals surface area (Å²) in [7, 11) is 0. The fourth-order valence-electron chi connectivity index (χ4n) is 0.404. The molecule has 0 unspecified atom stereocenters. The summed E-state index contributed by atoms with van der Waals surface area (Å²) in [5.74, 6) is -1.10. The molecule has 3 nitrogen and oxygen atoms in total. The smallest absolute Gasteiger partial charge is 0.278 e.